The van der Waals surface area contributed by atoms with Crippen LogP contribution in [0.5, 0.6) is 0 Å². The van der Waals surface area contributed by atoms with E-state index in [1.807, 2.05) is 30.3 Å². The lowest BCUT2D eigenvalue weighted by molar-refractivity contribution is -0.145. The summed E-state index contributed by atoms with van der Waals surface area (Å²) in [5.41, 5.74) is 0.827. The average Bonchev–Trinajstić information content (AvgIpc) is 2.89. The standard InChI is InChI=1S/C27H28O7S2/c28-20-19-23(13-10-18-26(29)34-21-22-11-4-1-5-12-22)27(35(30,31)24-14-6-2-7-15-24)36(32,33)25-16-8-3-9-17-25/h1-9,11-12,14-17,20,23,27H,10,13,18-19,21H2/t23-/m1/s1. The van der Waals surface area contributed by atoms with Gasteiger partial charge in [-0.05, 0) is 48.6 Å². The minimum absolute atomic E-state index is 0.0297. The van der Waals surface area contributed by atoms with Gasteiger partial charge in [0.05, 0.1) is 9.79 Å². The van der Waals surface area contributed by atoms with Crippen LogP contribution >= 0.6 is 0 Å². The minimum Gasteiger partial charge on any atom is -0.461 e. The first-order chi connectivity index (χ1) is 17.3. The number of rotatable bonds is 13. The second kappa shape index (κ2) is 12.6. The number of aldehydes is 1. The van der Waals surface area contributed by atoms with Gasteiger partial charge in [-0.1, -0.05) is 66.7 Å². The zero-order valence-corrected chi connectivity index (χ0v) is 21.2. The quantitative estimate of drug-likeness (QED) is 0.239. The largest absolute Gasteiger partial charge is 0.461 e. The van der Waals surface area contributed by atoms with Gasteiger partial charge in [-0.25, -0.2) is 16.8 Å². The Labute approximate surface area is 212 Å². The predicted molar refractivity (Wildman–Crippen MR) is 135 cm³/mol. The summed E-state index contributed by atoms with van der Waals surface area (Å²) in [6, 6.07) is 23.8. The molecule has 1 atom stereocenters. The molecule has 0 bridgehead atoms. The Morgan fingerprint density at radius 2 is 1.22 bits per heavy atom. The third-order valence-corrected chi connectivity index (χ3v) is 11.1. The van der Waals surface area contributed by atoms with Crippen molar-refractivity contribution in [1.29, 1.82) is 0 Å². The van der Waals surface area contributed by atoms with Gasteiger partial charge in [-0.15, -0.1) is 0 Å². The minimum atomic E-state index is -4.39. The summed E-state index contributed by atoms with van der Waals surface area (Å²) >= 11 is 0. The zero-order valence-electron chi connectivity index (χ0n) is 19.6. The molecular weight excluding hydrogens is 500 g/mol. The molecule has 0 saturated carbocycles. The van der Waals surface area contributed by atoms with Crippen molar-refractivity contribution in [3.63, 3.8) is 0 Å². The van der Waals surface area contributed by atoms with E-state index in [1.165, 1.54) is 48.5 Å². The van der Waals surface area contributed by atoms with Crippen molar-refractivity contribution in [1.82, 2.24) is 0 Å². The Hall–Kier alpha value is -3.30. The van der Waals surface area contributed by atoms with Crippen LogP contribution in [0.25, 0.3) is 0 Å². The highest BCUT2D eigenvalue weighted by atomic mass is 32.3. The van der Waals surface area contributed by atoms with Crippen LogP contribution < -0.4 is 0 Å². The van der Waals surface area contributed by atoms with Crippen LogP contribution in [0.4, 0.5) is 0 Å². The molecular formula is C27H28O7S2. The molecule has 190 valence electrons. The topological polar surface area (TPSA) is 112 Å². The number of esters is 1. The maximum absolute atomic E-state index is 13.6. The third kappa shape index (κ3) is 6.89. The lowest BCUT2D eigenvalue weighted by Crippen LogP contribution is -2.38. The maximum atomic E-state index is 13.6. The molecule has 0 N–H and O–H groups in total. The van der Waals surface area contributed by atoms with Crippen LogP contribution in [-0.2, 0) is 40.6 Å². The van der Waals surface area contributed by atoms with Gasteiger partial charge >= 0.3 is 5.97 Å². The normalized spacial score (nSPS) is 12.7. The van der Waals surface area contributed by atoms with Crippen molar-refractivity contribution in [3.05, 3.63) is 96.6 Å². The second-order valence-corrected chi connectivity index (χ2v) is 12.7. The van der Waals surface area contributed by atoms with Crippen LogP contribution in [0.1, 0.15) is 31.2 Å². The highest BCUT2D eigenvalue weighted by molar-refractivity contribution is 8.09. The first kappa shape index (κ1) is 27.3. The predicted octanol–water partition coefficient (Wildman–Crippen LogP) is 4.38. The first-order valence-electron chi connectivity index (χ1n) is 11.5. The van der Waals surface area contributed by atoms with E-state index in [4.69, 9.17) is 4.74 Å². The van der Waals surface area contributed by atoms with Gasteiger partial charge in [-0.3, -0.25) is 4.79 Å². The van der Waals surface area contributed by atoms with Crippen molar-refractivity contribution < 1.29 is 31.2 Å². The van der Waals surface area contributed by atoms with Crippen LogP contribution in [0.15, 0.2) is 101 Å². The fourth-order valence-electron chi connectivity index (χ4n) is 3.97. The average molecular weight is 529 g/mol. The monoisotopic (exact) mass is 528 g/mol. The van der Waals surface area contributed by atoms with Crippen molar-refractivity contribution in [2.24, 2.45) is 5.92 Å². The van der Waals surface area contributed by atoms with Crippen molar-refractivity contribution in [2.45, 2.75) is 46.7 Å². The number of hydrogen-bond donors (Lipinski definition) is 0. The van der Waals surface area contributed by atoms with Gasteiger partial charge in [0, 0.05) is 12.8 Å². The molecule has 0 aliphatic heterocycles. The molecule has 0 radical (unpaired) electrons. The Balaban J connectivity index is 1.84. The van der Waals surface area contributed by atoms with Crippen LogP contribution in [0.2, 0.25) is 0 Å². The molecule has 0 aliphatic rings. The smallest absolute Gasteiger partial charge is 0.306 e. The number of ether oxygens (including phenoxy) is 1. The van der Waals surface area contributed by atoms with E-state index in [-0.39, 0.29) is 42.1 Å². The number of sulfone groups is 2. The van der Waals surface area contributed by atoms with Crippen molar-refractivity contribution in [3.8, 4) is 0 Å². The summed E-state index contributed by atoms with van der Waals surface area (Å²) in [7, 11) is -8.78. The van der Waals surface area contributed by atoms with E-state index < -0.39 is 36.1 Å². The van der Waals surface area contributed by atoms with Crippen LogP contribution in [0.3, 0.4) is 0 Å². The Morgan fingerprint density at radius 3 is 1.69 bits per heavy atom. The molecule has 3 aromatic carbocycles. The summed E-state index contributed by atoms with van der Waals surface area (Å²) in [5, 5.41) is 0. The molecule has 0 heterocycles. The Kier molecular flexibility index (Phi) is 9.55. The van der Waals surface area contributed by atoms with Crippen molar-refractivity contribution in [2.75, 3.05) is 0 Å². The molecule has 0 amide bonds. The molecule has 0 saturated heterocycles. The second-order valence-electron chi connectivity index (χ2n) is 8.29. The highest BCUT2D eigenvalue weighted by Gasteiger charge is 2.45. The number of benzene rings is 3. The molecule has 9 heteroatoms. The molecule has 7 nitrogen and oxygen atoms in total. The molecule has 36 heavy (non-hydrogen) atoms. The van der Waals surface area contributed by atoms with E-state index in [9.17, 15) is 26.4 Å². The van der Waals surface area contributed by atoms with Crippen LogP contribution in [0, 0.1) is 5.92 Å². The molecule has 3 rings (SSSR count). The Morgan fingerprint density at radius 1 is 0.750 bits per heavy atom. The fourth-order valence-corrected chi connectivity index (χ4v) is 9.09. The van der Waals surface area contributed by atoms with E-state index in [0.717, 1.165) is 5.56 Å². The number of carbonyl (C=O) groups is 2. The van der Waals surface area contributed by atoms with Gasteiger partial charge < -0.3 is 9.53 Å². The first-order valence-corrected chi connectivity index (χ1v) is 14.6. The van der Waals surface area contributed by atoms with E-state index >= 15 is 0 Å². The van der Waals surface area contributed by atoms with Crippen molar-refractivity contribution >= 4 is 31.9 Å². The van der Waals surface area contributed by atoms with Crippen LogP contribution in [-0.4, -0.2) is 33.7 Å². The zero-order chi connectivity index (χ0) is 26.0. The van der Waals surface area contributed by atoms with Gasteiger partial charge in [0.1, 0.15) is 12.9 Å². The van der Waals surface area contributed by atoms with E-state index in [2.05, 4.69) is 0 Å². The summed E-state index contributed by atoms with van der Waals surface area (Å²) in [6.07, 6.45) is 0.388. The molecule has 0 aromatic heterocycles. The van der Waals surface area contributed by atoms with E-state index in [0.29, 0.717) is 6.29 Å². The van der Waals surface area contributed by atoms with Gasteiger partial charge in [-0.2, -0.15) is 0 Å². The summed E-state index contributed by atoms with van der Waals surface area (Å²) < 4.78 is 57.9. The van der Waals surface area contributed by atoms with Gasteiger partial charge in [0.2, 0.25) is 0 Å². The number of carbonyl (C=O) groups excluding carboxylic acids is 2. The molecule has 0 fully saturated rings. The summed E-state index contributed by atoms with van der Waals surface area (Å²) in [6.45, 7) is 0.102. The molecule has 0 aliphatic carbocycles. The van der Waals surface area contributed by atoms with Gasteiger partial charge in [0.25, 0.3) is 0 Å². The number of hydrogen-bond acceptors (Lipinski definition) is 7. The third-order valence-electron chi connectivity index (χ3n) is 5.74. The molecule has 3 aromatic rings. The summed E-state index contributed by atoms with van der Waals surface area (Å²) in [5.74, 6) is -1.54. The maximum Gasteiger partial charge on any atom is 0.306 e. The highest BCUT2D eigenvalue weighted by Crippen LogP contribution is 2.34. The lowest BCUT2D eigenvalue weighted by Gasteiger charge is -2.26. The van der Waals surface area contributed by atoms with E-state index in [1.54, 1.807) is 12.1 Å². The lowest BCUT2D eigenvalue weighted by atomic mass is 10.0. The molecule has 0 spiro atoms. The fraction of sp³-hybridized carbons (Fsp3) is 0.259. The van der Waals surface area contributed by atoms with Gasteiger partial charge in [0.15, 0.2) is 24.3 Å². The summed E-state index contributed by atoms with van der Waals surface area (Å²) in [4.78, 5) is 23.5. The SMILES string of the molecule is O=CC[C@@H](CCCC(=O)OCc1ccccc1)C(S(=O)(=O)c1ccccc1)S(=O)(=O)c1ccccc1. The Bertz CT molecular complexity index is 1270. The molecule has 0 unspecified atom stereocenters.